The molecule has 0 radical (unpaired) electrons. The van der Waals surface area contributed by atoms with Crippen LogP contribution in [0, 0.1) is 18.3 Å². The first kappa shape index (κ1) is 21.8. The minimum atomic E-state index is -0.293. The second-order valence-electron chi connectivity index (χ2n) is 7.61. The van der Waals surface area contributed by atoms with Crippen molar-refractivity contribution in [3.8, 4) is 11.8 Å². The molecule has 0 aliphatic carbocycles. The summed E-state index contributed by atoms with van der Waals surface area (Å²) in [6.07, 6.45) is 1.54. The summed E-state index contributed by atoms with van der Waals surface area (Å²) in [5.74, 6) is 0.985. The number of nitrogens with one attached hydrogen (secondary N) is 1. The number of ether oxygens (including phenoxy) is 1. The number of hydrogen-bond acceptors (Lipinski definition) is 4. The van der Waals surface area contributed by atoms with Crippen LogP contribution in [0.2, 0.25) is 0 Å². The lowest BCUT2D eigenvalue weighted by Crippen LogP contribution is -2.17. The minimum absolute atomic E-state index is 0.293. The van der Waals surface area contributed by atoms with Crippen molar-refractivity contribution in [1.82, 2.24) is 5.43 Å². The van der Waals surface area contributed by atoms with Crippen molar-refractivity contribution in [3.05, 3.63) is 100 Å². The minimum Gasteiger partial charge on any atom is -0.489 e. The summed E-state index contributed by atoms with van der Waals surface area (Å²) >= 11 is 0. The molecule has 0 bridgehead atoms. The van der Waals surface area contributed by atoms with Gasteiger partial charge in [-0.15, -0.1) is 0 Å². The molecular formula is C26H25N3O2. The van der Waals surface area contributed by atoms with Crippen LogP contribution in [0.4, 0.5) is 0 Å². The smallest absolute Gasteiger partial charge is 0.271 e. The molecule has 0 aliphatic rings. The van der Waals surface area contributed by atoms with E-state index in [1.165, 1.54) is 11.8 Å². The Morgan fingerprint density at radius 2 is 1.81 bits per heavy atom. The molecule has 0 unspecified atom stereocenters. The topological polar surface area (TPSA) is 74.5 Å². The Balaban J connectivity index is 1.57. The molecule has 0 fully saturated rings. The number of carbonyl (C=O) groups excluding carboxylic acids is 1. The highest BCUT2D eigenvalue weighted by Crippen LogP contribution is 2.28. The fourth-order valence-electron chi connectivity index (χ4n) is 3.03. The number of nitriles is 1. The van der Waals surface area contributed by atoms with Gasteiger partial charge in [-0.25, -0.2) is 5.43 Å². The van der Waals surface area contributed by atoms with E-state index >= 15 is 0 Å². The third-order valence-electron chi connectivity index (χ3n) is 4.82. The lowest BCUT2D eigenvalue weighted by Gasteiger charge is -2.15. The molecule has 0 spiro atoms. The van der Waals surface area contributed by atoms with E-state index in [1.807, 2.05) is 19.1 Å². The maximum atomic E-state index is 12.3. The van der Waals surface area contributed by atoms with E-state index in [9.17, 15) is 4.79 Å². The summed E-state index contributed by atoms with van der Waals surface area (Å²) in [6, 6.07) is 22.5. The molecule has 156 valence electrons. The van der Waals surface area contributed by atoms with Crippen molar-refractivity contribution < 1.29 is 9.53 Å². The van der Waals surface area contributed by atoms with Crippen molar-refractivity contribution in [2.75, 3.05) is 0 Å². The Morgan fingerprint density at radius 3 is 2.45 bits per heavy atom. The Bertz CT molecular complexity index is 1110. The molecule has 0 saturated heterocycles. The van der Waals surface area contributed by atoms with Gasteiger partial charge >= 0.3 is 0 Å². The molecule has 3 aromatic carbocycles. The van der Waals surface area contributed by atoms with Crippen LogP contribution in [-0.2, 0) is 6.61 Å². The second-order valence-corrected chi connectivity index (χ2v) is 7.61. The van der Waals surface area contributed by atoms with E-state index in [0.29, 0.717) is 23.7 Å². The first-order valence-electron chi connectivity index (χ1n) is 10.1. The zero-order valence-corrected chi connectivity index (χ0v) is 17.9. The average Bonchev–Trinajstić information content (AvgIpc) is 2.78. The van der Waals surface area contributed by atoms with E-state index in [0.717, 1.165) is 22.4 Å². The van der Waals surface area contributed by atoms with Gasteiger partial charge in [0.05, 0.1) is 17.8 Å². The Kier molecular flexibility index (Phi) is 7.18. The van der Waals surface area contributed by atoms with Crippen LogP contribution in [0.5, 0.6) is 5.75 Å². The van der Waals surface area contributed by atoms with E-state index in [4.69, 9.17) is 10.00 Å². The first-order chi connectivity index (χ1) is 15.0. The highest BCUT2D eigenvalue weighted by Gasteiger charge is 2.09. The van der Waals surface area contributed by atoms with Gasteiger partial charge < -0.3 is 4.74 Å². The van der Waals surface area contributed by atoms with Crippen molar-refractivity contribution in [2.24, 2.45) is 5.10 Å². The number of hydrazone groups is 1. The van der Waals surface area contributed by atoms with Crippen LogP contribution >= 0.6 is 0 Å². The SMILES string of the molecule is Cc1ccc(C(C)C)c(OCc2ccc(C(=O)NN=Cc3ccc(C#N)cc3)cc2)c1. The van der Waals surface area contributed by atoms with E-state index in [2.05, 4.69) is 48.6 Å². The summed E-state index contributed by atoms with van der Waals surface area (Å²) < 4.78 is 6.05. The standard InChI is InChI=1S/C26H25N3O2/c1-18(2)24-13-4-19(3)14-25(24)31-17-22-9-11-23(12-10-22)26(30)29-28-16-21-7-5-20(15-27)6-8-21/h4-14,16,18H,17H2,1-3H3,(H,29,30). The lowest BCUT2D eigenvalue weighted by atomic mass is 10.0. The summed E-state index contributed by atoms with van der Waals surface area (Å²) in [7, 11) is 0. The number of hydrogen-bond donors (Lipinski definition) is 1. The quantitative estimate of drug-likeness (QED) is 0.422. The maximum absolute atomic E-state index is 12.3. The summed E-state index contributed by atoms with van der Waals surface area (Å²) in [4.78, 5) is 12.3. The molecule has 0 atom stereocenters. The molecule has 5 heteroatoms. The highest BCUT2D eigenvalue weighted by molar-refractivity contribution is 5.94. The van der Waals surface area contributed by atoms with Crippen molar-refractivity contribution in [3.63, 3.8) is 0 Å². The predicted molar refractivity (Wildman–Crippen MR) is 122 cm³/mol. The van der Waals surface area contributed by atoms with Gasteiger partial charge in [0.15, 0.2) is 0 Å². The lowest BCUT2D eigenvalue weighted by molar-refractivity contribution is 0.0955. The first-order valence-corrected chi connectivity index (χ1v) is 10.1. The largest absolute Gasteiger partial charge is 0.489 e. The van der Waals surface area contributed by atoms with Crippen molar-refractivity contribution in [2.45, 2.75) is 33.3 Å². The second kappa shape index (κ2) is 10.2. The number of benzene rings is 3. The van der Waals surface area contributed by atoms with Gasteiger partial charge in [0.1, 0.15) is 12.4 Å². The van der Waals surface area contributed by atoms with E-state index in [1.54, 1.807) is 36.4 Å². The van der Waals surface area contributed by atoms with Crippen LogP contribution < -0.4 is 10.2 Å². The number of rotatable bonds is 7. The van der Waals surface area contributed by atoms with Gasteiger partial charge in [-0.1, -0.05) is 50.2 Å². The molecule has 0 heterocycles. The molecule has 31 heavy (non-hydrogen) atoms. The van der Waals surface area contributed by atoms with Gasteiger partial charge in [0.25, 0.3) is 5.91 Å². The fraction of sp³-hybridized carbons (Fsp3) is 0.192. The number of aryl methyl sites for hydroxylation is 1. The van der Waals surface area contributed by atoms with Gasteiger partial charge in [-0.3, -0.25) is 4.79 Å². The van der Waals surface area contributed by atoms with Crippen molar-refractivity contribution >= 4 is 12.1 Å². The predicted octanol–water partition coefficient (Wildman–Crippen LogP) is 5.33. The molecular weight excluding hydrogens is 386 g/mol. The fourth-order valence-corrected chi connectivity index (χ4v) is 3.03. The van der Waals surface area contributed by atoms with E-state index in [-0.39, 0.29) is 5.91 Å². The molecule has 0 aromatic heterocycles. The Hall–Kier alpha value is -3.91. The molecule has 0 saturated carbocycles. The van der Waals surface area contributed by atoms with Crippen LogP contribution in [0.1, 0.15) is 57.9 Å². The Labute approximate surface area is 183 Å². The zero-order valence-electron chi connectivity index (χ0n) is 17.9. The number of nitrogens with zero attached hydrogens (tertiary/aromatic N) is 2. The zero-order chi connectivity index (χ0) is 22.2. The summed E-state index contributed by atoms with van der Waals surface area (Å²) in [6.45, 7) is 6.78. The van der Waals surface area contributed by atoms with Gasteiger partial charge in [0.2, 0.25) is 0 Å². The molecule has 1 N–H and O–H groups in total. The molecule has 0 aliphatic heterocycles. The van der Waals surface area contributed by atoms with Crippen LogP contribution in [0.15, 0.2) is 71.8 Å². The number of amides is 1. The monoisotopic (exact) mass is 411 g/mol. The third kappa shape index (κ3) is 6.03. The Morgan fingerprint density at radius 1 is 1.10 bits per heavy atom. The van der Waals surface area contributed by atoms with Crippen molar-refractivity contribution in [1.29, 1.82) is 5.26 Å². The van der Waals surface area contributed by atoms with E-state index < -0.39 is 0 Å². The van der Waals surface area contributed by atoms with Crippen LogP contribution in [-0.4, -0.2) is 12.1 Å². The van der Waals surface area contributed by atoms with Gasteiger partial charge in [0, 0.05) is 5.56 Å². The summed E-state index contributed by atoms with van der Waals surface area (Å²) in [5, 5.41) is 12.8. The van der Waals surface area contributed by atoms with Gasteiger partial charge in [-0.05, 0) is 65.4 Å². The van der Waals surface area contributed by atoms with Crippen LogP contribution in [0.25, 0.3) is 0 Å². The average molecular weight is 412 g/mol. The third-order valence-corrected chi connectivity index (χ3v) is 4.82. The maximum Gasteiger partial charge on any atom is 0.271 e. The number of carbonyl (C=O) groups is 1. The van der Waals surface area contributed by atoms with Gasteiger partial charge in [-0.2, -0.15) is 10.4 Å². The molecule has 1 amide bonds. The molecule has 3 aromatic rings. The highest BCUT2D eigenvalue weighted by atomic mass is 16.5. The van der Waals surface area contributed by atoms with Crippen LogP contribution in [0.3, 0.4) is 0 Å². The molecule has 5 nitrogen and oxygen atoms in total. The molecule has 3 rings (SSSR count). The normalized spacial score (nSPS) is 10.8. The summed E-state index contributed by atoms with van der Waals surface area (Å²) in [5.41, 5.74) is 7.72.